The van der Waals surface area contributed by atoms with E-state index in [-0.39, 0.29) is 0 Å². The molecule has 0 spiro atoms. The molecule has 0 saturated heterocycles. The molecule has 0 aliphatic rings. The summed E-state index contributed by atoms with van der Waals surface area (Å²) >= 11 is 0. The first-order valence-corrected chi connectivity index (χ1v) is 11.0. The Balaban J connectivity index is 1.49. The highest BCUT2D eigenvalue weighted by molar-refractivity contribution is 6.34. The predicted octanol–water partition coefficient (Wildman–Crippen LogP) is 8.97. The highest BCUT2D eigenvalue weighted by Crippen LogP contribution is 2.45. The van der Waals surface area contributed by atoms with Gasteiger partial charge in [-0.3, -0.25) is 0 Å². The Morgan fingerprint density at radius 2 is 1.19 bits per heavy atom. The molecule has 0 saturated carbocycles. The predicted molar refractivity (Wildman–Crippen MR) is 136 cm³/mol. The van der Waals surface area contributed by atoms with Crippen LogP contribution in [0.2, 0.25) is 0 Å². The van der Waals surface area contributed by atoms with E-state index in [1.54, 1.807) is 0 Å². The Morgan fingerprint density at radius 3 is 1.97 bits per heavy atom. The zero-order valence-corrected chi connectivity index (χ0v) is 17.7. The van der Waals surface area contributed by atoms with Crippen molar-refractivity contribution in [3.8, 4) is 22.3 Å². The summed E-state index contributed by atoms with van der Waals surface area (Å²) in [5, 5.41) is 7.54. The molecule has 1 aromatic heterocycles. The van der Waals surface area contributed by atoms with Gasteiger partial charge in [-0.1, -0.05) is 96.6 Å². The van der Waals surface area contributed by atoms with Crippen molar-refractivity contribution in [2.75, 3.05) is 0 Å². The first kappa shape index (κ1) is 17.6. The summed E-state index contributed by atoms with van der Waals surface area (Å²) in [6, 6.07) is 37.0. The summed E-state index contributed by atoms with van der Waals surface area (Å²) in [4.78, 5) is 0. The Bertz CT molecular complexity index is 1770. The van der Waals surface area contributed by atoms with Crippen LogP contribution in [-0.4, -0.2) is 0 Å². The molecule has 0 fully saturated rings. The summed E-state index contributed by atoms with van der Waals surface area (Å²) in [5.74, 6) is 0. The molecular formula is C31H20O. The number of hydrogen-bond acceptors (Lipinski definition) is 1. The largest absolute Gasteiger partial charge is 0.455 e. The minimum absolute atomic E-state index is 0.956. The van der Waals surface area contributed by atoms with E-state index in [4.69, 9.17) is 4.42 Å². The molecule has 0 bridgehead atoms. The van der Waals surface area contributed by atoms with Gasteiger partial charge in [0.15, 0.2) is 0 Å². The third-order valence-corrected chi connectivity index (χ3v) is 6.70. The van der Waals surface area contributed by atoms with Gasteiger partial charge in [0, 0.05) is 16.3 Å². The van der Waals surface area contributed by atoms with Crippen molar-refractivity contribution in [2.24, 2.45) is 0 Å². The second-order valence-electron chi connectivity index (χ2n) is 8.64. The van der Waals surface area contributed by atoms with Crippen LogP contribution >= 0.6 is 0 Å². The molecule has 0 N–H and O–H groups in total. The van der Waals surface area contributed by atoms with E-state index in [1.165, 1.54) is 54.6 Å². The van der Waals surface area contributed by atoms with Gasteiger partial charge in [0.1, 0.15) is 11.2 Å². The number of aryl methyl sites for hydroxylation is 1. The van der Waals surface area contributed by atoms with E-state index in [2.05, 4.69) is 110 Å². The van der Waals surface area contributed by atoms with Crippen LogP contribution in [0.5, 0.6) is 0 Å². The molecule has 0 aliphatic carbocycles. The summed E-state index contributed by atoms with van der Waals surface area (Å²) in [5.41, 5.74) is 7.99. The number of rotatable bonds is 2. The maximum Gasteiger partial charge on any atom is 0.143 e. The van der Waals surface area contributed by atoms with Crippen LogP contribution in [0.3, 0.4) is 0 Å². The molecule has 0 atom stereocenters. The van der Waals surface area contributed by atoms with Gasteiger partial charge in [0.05, 0.1) is 0 Å². The molecule has 0 amide bonds. The number of hydrogen-bond donors (Lipinski definition) is 0. The first-order chi connectivity index (χ1) is 15.8. The van der Waals surface area contributed by atoms with E-state index in [1.807, 2.05) is 0 Å². The lowest BCUT2D eigenvalue weighted by Gasteiger charge is -2.10. The fraction of sp³-hybridized carbons (Fsp3) is 0.0323. The summed E-state index contributed by atoms with van der Waals surface area (Å²) in [7, 11) is 0. The van der Waals surface area contributed by atoms with E-state index in [0.29, 0.717) is 0 Å². The van der Waals surface area contributed by atoms with E-state index in [9.17, 15) is 0 Å². The summed E-state index contributed by atoms with van der Waals surface area (Å²) in [6.07, 6.45) is 0. The molecule has 1 nitrogen and oxygen atoms in total. The van der Waals surface area contributed by atoms with Crippen LogP contribution in [0, 0.1) is 6.92 Å². The lowest BCUT2D eigenvalue weighted by molar-refractivity contribution is 0.670. The van der Waals surface area contributed by atoms with Crippen molar-refractivity contribution < 1.29 is 4.42 Å². The standard InChI is InChI=1S/C31H20O/c1-19-6-4-7-22(18-19)20-12-14-21(15-13-20)23-16-17-27-25-9-3-2-8-24(25)26-10-5-11-28-29(26)30(27)31(23)32-28/h2-18H,1H3. The van der Waals surface area contributed by atoms with Crippen LogP contribution in [0.25, 0.3) is 65.7 Å². The lowest BCUT2D eigenvalue weighted by Crippen LogP contribution is -1.85. The number of benzene rings is 6. The Hall–Kier alpha value is -4.10. The average molecular weight is 409 g/mol. The quantitative estimate of drug-likeness (QED) is 0.260. The van der Waals surface area contributed by atoms with Crippen molar-refractivity contribution in [2.45, 2.75) is 6.92 Å². The lowest BCUT2D eigenvalue weighted by atomic mass is 9.91. The molecular weight excluding hydrogens is 388 g/mol. The normalized spacial score (nSPS) is 11.9. The van der Waals surface area contributed by atoms with Crippen LogP contribution in [-0.2, 0) is 0 Å². The van der Waals surface area contributed by atoms with Crippen molar-refractivity contribution in [1.82, 2.24) is 0 Å². The van der Waals surface area contributed by atoms with Crippen LogP contribution in [0.15, 0.2) is 108 Å². The second-order valence-corrected chi connectivity index (χ2v) is 8.64. The second kappa shape index (κ2) is 6.45. The van der Waals surface area contributed by atoms with Gasteiger partial charge >= 0.3 is 0 Å². The van der Waals surface area contributed by atoms with E-state index in [0.717, 1.165) is 16.7 Å². The topological polar surface area (TPSA) is 13.1 Å². The van der Waals surface area contributed by atoms with E-state index >= 15 is 0 Å². The maximum absolute atomic E-state index is 6.50. The highest BCUT2D eigenvalue weighted by atomic mass is 16.3. The highest BCUT2D eigenvalue weighted by Gasteiger charge is 2.19. The van der Waals surface area contributed by atoms with Crippen LogP contribution in [0.4, 0.5) is 0 Å². The Kier molecular flexibility index (Phi) is 3.54. The van der Waals surface area contributed by atoms with Gasteiger partial charge in [-0.25, -0.2) is 0 Å². The molecule has 150 valence electrons. The molecule has 0 unspecified atom stereocenters. The number of furan rings is 1. The van der Waals surface area contributed by atoms with Crippen molar-refractivity contribution in [1.29, 1.82) is 0 Å². The van der Waals surface area contributed by atoms with Crippen molar-refractivity contribution in [3.05, 3.63) is 109 Å². The van der Waals surface area contributed by atoms with Crippen molar-refractivity contribution in [3.63, 3.8) is 0 Å². The van der Waals surface area contributed by atoms with E-state index < -0.39 is 0 Å². The third-order valence-electron chi connectivity index (χ3n) is 6.70. The first-order valence-electron chi connectivity index (χ1n) is 11.0. The molecule has 0 radical (unpaired) electrons. The molecule has 0 aliphatic heterocycles. The van der Waals surface area contributed by atoms with Crippen molar-refractivity contribution >= 4 is 43.5 Å². The monoisotopic (exact) mass is 408 g/mol. The van der Waals surface area contributed by atoms with Gasteiger partial charge in [-0.2, -0.15) is 0 Å². The minimum atomic E-state index is 0.956. The van der Waals surface area contributed by atoms with Gasteiger partial charge < -0.3 is 4.42 Å². The minimum Gasteiger partial charge on any atom is -0.455 e. The molecule has 1 heterocycles. The Labute approximate surface area is 185 Å². The Morgan fingerprint density at radius 1 is 0.500 bits per heavy atom. The fourth-order valence-electron chi connectivity index (χ4n) is 5.22. The summed E-state index contributed by atoms with van der Waals surface area (Å²) in [6.45, 7) is 2.13. The summed E-state index contributed by atoms with van der Waals surface area (Å²) < 4.78 is 6.50. The molecule has 6 aromatic carbocycles. The molecule has 32 heavy (non-hydrogen) atoms. The molecule has 1 heteroatoms. The van der Waals surface area contributed by atoms with Gasteiger partial charge in [-0.05, 0) is 57.3 Å². The SMILES string of the molecule is Cc1cccc(-c2ccc(-c3ccc4c5ccccc5c5cccc6oc3c4c65)cc2)c1. The van der Waals surface area contributed by atoms with Gasteiger partial charge in [0.2, 0.25) is 0 Å². The van der Waals surface area contributed by atoms with Gasteiger partial charge in [0.25, 0.3) is 0 Å². The fourth-order valence-corrected chi connectivity index (χ4v) is 5.22. The zero-order valence-electron chi connectivity index (χ0n) is 17.7. The average Bonchev–Trinajstić information content (AvgIpc) is 3.24. The van der Waals surface area contributed by atoms with Crippen LogP contribution < -0.4 is 0 Å². The van der Waals surface area contributed by atoms with Gasteiger partial charge in [-0.15, -0.1) is 0 Å². The maximum atomic E-state index is 6.50. The molecule has 7 aromatic rings. The van der Waals surface area contributed by atoms with Crippen LogP contribution in [0.1, 0.15) is 5.56 Å². The number of fused-ring (bicyclic) bond motifs is 3. The third kappa shape index (κ3) is 2.39. The smallest absolute Gasteiger partial charge is 0.143 e. The zero-order chi connectivity index (χ0) is 21.2. The molecule has 7 rings (SSSR count).